The van der Waals surface area contributed by atoms with Crippen molar-refractivity contribution in [2.75, 3.05) is 12.9 Å². The SMILES string of the molecule is CCCCSCc1ccc(C(=O)OC)o1. The van der Waals surface area contributed by atoms with E-state index >= 15 is 0 Å². The smallest absolute Gasteiger partial charge is 0.373 e. The predicted molar refractivity (Wildman–Crippen MR) is 61.1 cm³/mol. The first-order valence-corrected chi connectivity index (χ1v) is 6.18. The molecule has 0 fully saturated rings. The highest BCUT2D eigenvalue weighted by Gasteiger charge is 2.10. The molecule has 0 unspecified atom stereocenters. The molecule has 3 nitrogen and oxygen atoms in total. The molecule has 0 N–H and O–H groups in total. The van der Waals surface area contributed by atoms with E-state index in [0.717, 1.165) is 17.3 Å². The molecule has 15 heavy (non-hydrogen) atoms. The third-order valence-corrected chi connectivity index (χ3v) is 3.00. The van der Waals surface area contributed by atoms with Gasteiger partial charge in [0.2, 0.25) is 5.76 Å². The van der Waals surface area contributed by atoms with Crippen LogP contribution < -0.4 is 0 Å². The Morgan fingerprint density at radius 2 is 2.33 bits per heavy atom. The number of carbonyl (C=O) groups excluding carboxylic acids is 1. The van der Waals surface area contributed by atoms with E-state index in [1.54, 1.807) is 6.07 Å². The number of rotatable bonds is 6. The molecule has 4 heteroatoms. The van der Waals surface area contributed by atoms with Crippen LogP contribution in [-0.4, -0.2) is 18.8 Å². The zero-order chi connectivity index (χ0) is 11.1. The van der Waals surface area contributed by atoms with Gasteiger partial charge in [-0.1, -0.05) is 13.3 Å². The monoisotopic (exact) mass is 228 g/mol. The molecule has 0 radical (unpaired) electrons. The number of hydrogen-bond donors (Lipinski definition) is 0. The zero-order valence-electron chi connectivity index (χ0n) is 9.12. The lowest BCUT2D eigenvalue weighted by Gasteiger charge is -1.97. The maximum atomic E-state index is 11.1. The van der Waals surface area contributed by atoms with Gasteiger partial charge in [0.05, 0.1) is 12.9 Å². The summed E-state index contributed by atoms with van der Waals surface area (Å²) in [5.41, 5.74) is 0. The Bertz CT molecular complexity index is 307. The normalized spacial score (nSPS) is 10.3. The molecule has 1 rings (SSSR count). The van der Waals surface area contributed by atoms with Crippen molar-refractivity contribution in [3.63, 3.8) is 0 Å². The van der Waals surface area contributed by atoms with Crippen molar-refractivity contribution in [2.45, 2.75) is 25.5 Å². The van der Waals surface area contributed by atoms with E-state index in [-0.39, 0.29) is 5.76 Å². The van der Waals surface area contributed by atoms with Crippen LogP contribution in [0, 0.1) is 0 Å². The summed E-state index contributed by atoms with van der Waals surface area (Å²) < 4.78 is 9.87. The molecule has 0 bridgehead atoms. The van der Waals surface area contributed by atoms with Crippen LogP contribution in [-0.2, 0) is 10.5 Å². The fourth-order valence-electron chi connectivity index (χ4n) is 1.08. The minimum atomic E-state index is -0.417. The lowest BCUT2D eigenvalue weighted by molar-refractivity contribution is 0.0563. The predicted octanol–water partition coefficient (Wildman–Crippen LogP) is 3.10. The molecule has 0 aromatic carbocycles. The van der Waals surface area contributed by atoms with Crippen molar-refractivity contribution in [2.24, 2.45) is 0 Å². The number of esters is 1. The minimum absolute atomic E-state index is 0.281. The number of carbonyl (C=O) groups is 1. The van der Waals surface area contributed by atoms with Gasteiger partial charge in [-0.25, -0.2) is 4.79 Å². The van der Waals surface area contributed by atoms with Crippen molar-refractivity contribution in [3.8, 4) is 0 Å². The Hall–Kier alpha value is -0.900. The number of furan rings is 1. The molecule has 0 aliphatic carbocycles. The van der Waals surface area contributed by atoms with Gasteiger partial charge < -0.3 is 9.15 Å². The number of methoxy groups -OCH3 is 1. The summed E-state index contributed by atoms with van der Waals surface area (Å²) in [6, 6.07) is 3.48. The van der Waals surface area contributed by atoms with Crippen LogP contribution in [0.3, 0.4) is 0 Å². The minimum Gasteiger partial charge on any atom is -0.463 e. The molecule has 0 saturated carbocycles. The number of thioether (sulfide) groups is 1. The average molecular weight is 228 g/mol. The molecule has 1 aromatic rings. The highest BCUT2D eigenvalue weighted by molar-refractivity contribution is 7.98. The molecule has 0 atom stereocenters. The maximum absolute atomic E-state index is 11.1. The lowest BCUT2D eigenvalue weighted by Crippen LogP contribution is -1.98. The van der Waals surface area contributed by atoms with Crippen molar-refractivity contribution in [1.29, 1.82) is 0 Å². The van der Waals surface area contributed by atoms with Crippen LogP contribution in [0.5, 0.6) is 0 Å². The maximum Gasteiger partial charge on any atom is 0.373 e. The Morgan fingerprint density at radius 1 is 1.53 bits per heavy atom. The first-order chi connectivity index (χ1) is 7.27. The summed E-state index contributed by atoms with van der Waals surface area (Å²) in [4.78, 5) is 11.1. The van der Waals surface area contributed by atoms with Gasteiger partial charge in [0.15, 0.2) is 0 Å². The third kappa shape index (κ3) is 4.00. The second kappa shape index (κ2) is 6.56. The fraction of sp³-hybridized carbons (Fsp3) is 0.545. The first-order valence-electron chi connectivity index (χ1n) is 5.02. The highest BCUT2D eigenvalue weighted by Crippen LogP contribution is 2.16. The average Bonchev–Trinajstić information content (AvgIpc) is 2.72. The summed E-state index contributed by atoms with van der Waals surface area (Å²) in [5, 5.41) is 0. The van der Waals surface area contributed by atoms with Crippen molar-refractivity contribution in [3.05, 3.63) is 23.7 Å². The molecule has 0 spiro atoms. The van der Waals surface area contributed by atoms with Gasteiger partial charge in [0.1, 0.15) is 5.76 Å². The number of unbranched alkanes of at least 4 members (excludes halogenated alkanes) is 1. The quantitative estimate of drug-likeness (QED) is 0.554. The Labute approximate surface area is 94.2 Å². The molecular formula is C11H16O3S. The Balaban J connectivity index is 2.36. The topological polar surface area (TPSA) is 39.4 Å². The van der Waals surface area contributed by atoms with Crippen molar-refractivity contribution >= 4 is 17.7 Å². The molecule has 1 aromatic heterocycles. The van der Waals surface area contributed by atoms with Crippen LogP contribution in [0.1, 0.15) is 36.1 Å². The van der Waals surface area contributed by atoms with Gasteiger partial charge in [0.25, 0.3) is 0 Å². The summed E-state index contributed by atoms with van der Waals surface area (Å²) in [5.74, 6) is 2.64. The first kappa shape index (κ1) is 12.2. The number of ether oxygens (including phenoxy) is 1. The summed E-state index contributed by atoms with van der Waals surface area (Å²) >= 11 is 1.82. The standard InChI is InChI=1S/C11H16O3S/c1-3-4-7-15-8-9-5-6-10(14-9)11(12)13-2/h5-6H,3-4,7-8H2,1-2H3. The van der Waals surface area contributed by atoms with Gasteiger partial charge in [-0.3, -0.25) is 0 Å². The molecule has 0 aliphatic rings. The van der Waals surface area contributed by atoms with Crippen LogP contribution >= 0.6 is 11.8 Å². The van der Waals surface area contributed by atoms with Gasteiger partial charge in [-0.2, -0.15) is 11.8 Å². The second-order valence-corrected chi connectivity index (χ2v) is 4.27. The van der Waals surface area contributed by atoms with E-state index < -0.39 is 5.97 Å². The molecular weight excluding hydrogens is 212 g/mol. The van der Waals surface area contributed by atoms with E-state index in [9.17, 15) is 4.79 Å². The zero-order valence-corrected chi connectivity index (χ0v) is 9.93. The Morgan fingerprint density at radius 3 is 3.00 bits per heavy atom. The lowest BCUT2D eigenvalue weighted by atomic mass is 10.4. The van der Waals surface area contributed by atoms with Gasteiger partial charge in [-0.15, -0.1) is 0 Å². The van der Waals surface area contributed by atoms with Gasteiger partial charge >= 0.3 is 5.97 Å². The second-order valence-electron chi connectivity index (χ2n) is 3.16. The van der Waals surface area contributed by atoms with Gasteiger partial charge in [0, 0.05) is 0 Å². The fourth-order valence-corrected chi connectivity index (χ4v) is 2.08. The van der Waals surface area contributed by atoms with Crippen molar-refractivity contribution < 1.29 is 13.9 Å². The molecule has 0 aliphatic heterocycles. The molecule has 1 heterocycles. The van der Waals surface area contributed by atoms with Crippen LogP contribution in [0.2, 0.25) is 0 Å². The van der Waals surface area contributed by atoms with Crippen molar-refractivity contribution in [1.82, 2.24) is 0 Å². The molecule has 0 saturated heterocycles. The van der Waals surface area contributed by atoms with E-state index in [1.165, 1.54) is 20.0 Å². The van der Waals surface area contributed by atoms with E-state index in [4.69, 9.17) is 4.42 Å². The number of hydrogen-bond acceptors (Lipinski definition) is 4. The van der Waals surface area contributed by atoms with Crippen LogP contribution in [0.4, 0.5) is 0 Å². The summed E-state index contributed by atoms with van der Waals surface area (Å²) in [7, 11) is 1.35. The summed E-state index contributed by atoms with van der Waals surface area (Å²) in [6.07, 6.45) is 2.42. The molecule has 0 amide bonds. The highest BCUT2D eigenvalue weighted by atomic mass is 32.2. The molecule has 84 valence electrons. The largest absolute Gasteiger partial charge is 0.463 e. The Kier molecular flexibility index (Phi) is 5.32. The third-order valence-electron chi connectivity index (χ3n) is 1.93. The van der Waals surface area contributed by atoms with Crippen LogP contribution in [0.15, 0.2) is 16.5 Å². The van der Waals surface area contributed by atoms with Crippen LogP contribution in [0.25, 0.3) is 0 Å². The summed E-state index contributed by atoms with van der Waals surface area (Å²) in [6.45, 7) is 2.17. The van der Waals surface area contributed by atoms with E-state index in [1.807, 2.05) is 17.8 Å². The van der Waals surface area contributed by atoms with E-state index in [0.29, 0.717) is 0 Å². The van der Waals surface area contributed by atoms with E-state index in [2.05, 4.69) is 11.7 Å². The van der Waals surface area contributed by atoms with Gasteiger partial charge in [-0.05, 0) is 24.3 Å².